The molecule has 0 saturated carbocycles. The molecule has 3 N–H and O–H groups in total. The summed E-state index contributed by atoms with van der Waals surface area (Å²) in [5.41, 5.74) is 1.09. The smallest absolute Gasteiger partial charge is 0.481 e. The number of carbonyl (C=O) groups is 3. The summed E-state index contributed by atoms with van der Waals surface area (Å²) < 4.78 is 74.9. The van der Waals surface area contributed by atoms with Crippen LogP contribution in [0.25, 0.3) is 0 Å². The van der Waals surface area contributed by atoms with Gasteiger partial charge in [0.2, 0.25) is 11.8 Å². The molecule has 10 nitrogen and oxygen atoms in total. The normalized spacial score (nSPS) is 21.3. The summed E-state index contributed by atoms with van der Waals surface area (Å²) in [6.07, 6.45) is -6.67. The number of aromatic nitrogens is 1. The van der Waals surface area contributed by atoms with Crippen molar-refractivity contribution in [1.82, 2.24) is 15.2 Å². The summed E-state index contributed by atoms with van der Waals surface area (Å²) >= 11 is 0. The molecule has 216 valence electrons. The molecule has 2 aliphatic rings. The number of piperidine rings is 1. The van der Waals surface area contributed by atoms with E-state index < -0.39 is 24.3 Å². The summed E-state index contributed by atoms with van der Waals surface area (Å²) in [4.78, 5) is 36.6. The highest BCUT2D eigenvalue weighted by atomic mass is 19.4. The van der Waals surface area contributed by atoms with E-state index in [2.05, 4.69) is 15.2 Å². The number of halogens is 6. The Bertz CT molecular complexity index is 919. The molecule has 1 aromatic rings. The SMILES string of the molecule is COc1ncccc1CN1CC[C@H]2C[C@@H](C(=O)NC(C)C)O[C@@H]2C1.O=C(O)C(F)(F)F.O=C(O)C(F)(F)F. The summed E-state index contributed by atoms with van der Waals surface area (Å²) in [6, 6.07) is 4.13. The number of amides is 1. The maximum atomic E-state index is 12.2. The van der Waals surface area contributed by atoms with Crippen LogP contribution in [-0.2, 0) is 25.7 Å². The Morgan fingerprint density at radius 3 is 2.18 bits per heavy atom. The van der Waals surface area contributed by atoms with Crippen molar-refractivity contribution in [2.45, 2.75) is 63.8 Å². The lowest BCUT2D eigenvalue weighted by Gasteiger charge is -2.34. The number of alkyl halides is 6. The van der Waals surface area contributed by atoms with Crippen molar-refractivity contribution >= 4 is 17.8 Å². The zero-order valence-corrected chi connectivity index (χ0v) is 20.7. The highest BCUT2D eigenvalue weighted by Gasteiger charge is 2.42. The number of nitrogens with one attached hydrogen (secondary N) is 1. The van der Waals surface area contributed by atoms with Gasteiger partial charge in [0.25, 0.3) is 0 Å². The van der Waals surface area contributed by atoms with Crippen LogP contribution in [0.5, 0.6) is 5.88 Å². The van der Waals surface area contributed by atoms with Crippen molar-refractivity contribution in [1.29, 1.82) is 0 Å². The van der Waals surface area contributed by atoms with Gasteiger partial charge in [-0.2, -0.15) is 26.3 Å². The monoisotopic (exact) mass is 561 g/mol. The van der Waals surface area contributed by atoms with E-state index in [9.17, 15) is 31.1 Å². The maximum absolute atomic E-state index is 12.2. The van der Waals surface area contributed by atoms with Crippen molar-refractivity contribution < 1.29 is 60.4 Å². The Balaban J connectivity index is 0.000000426. The highest BCUT2D eigenvalue weighted by Crippen LogP contribution is 2.34. The molecule has 38 heavy (non-hydrogen) atoms. The van der Waals surface area contributed by atoms with Crippen molar-refractivity contribution in [2.24, 2.45) is 5.92 Å². The summed E-state index contributed by atoms with van der Waals surface area (Å²) in [5.74, 6) is -4.32. The number of nitrogens with zero attached hydrogens (tertiary/aromatic N) is 2. The van der Waals surface area contributed by atoms with Crippen LogP contribution in [0.3, 0.4) is 0 Å². The average Bonchev–Trinajstić information content (AvgIpc) is 3.22. The predicted octanol–water partition coefficient (Wildman–Crippen LogP) is 2.86. The van der Waals surface area contributed by atoms with Gasteiger partial charge in [0.15, 0.2) is 0 Å². The fourth-order valence-corrected chi connectivity index (χ4v) is 3.65. The van der Waals surface area contributed by atoms with Crippen molar-refractivity contribution in [3.05, 3.63) is 23.9 Å². The van der Waals surface area contributed by atoms with Gasteiger partial charge in [0.05, 0.1) is 13.2 Å². The Morgan fingerprint density at radius 1 is 1.16 bits per heavy atom. The van der Waals surface area contributed by atoms with E-state index in [4.69, 9.17) is 29.3 Å². The van der Waals surface area contributed by atoms with Crippen LogP contribution in [0.15, 0.2) is 18.3 Å². The molecule has 0 aromatic carbocycles. The van der Waals surface area contributed by atoms with E-state index in [1.165, 1.54) is 0 Å². The van der Waals surface area contributed by atoms with Crippen LogP contribution in [0.2, 0.25) is 0 Å². The molecule has 2 aliphatic heterocycles. The number of fused-ring (bicyclic) bond motifs is 1. The summed E-state index contributed by atoms with van der Waals surface area (Å²) in [5, 5.41) is 17.2. The van der Waals surface area contributed by atoms with Crippen LogP contribution >= 0.6 is 0 Å². The number of ether oxygens (including phenoxy) is 2. The number of carbonyl (C=O) groups excluding carboxylic acids is 1. The van der Waals surface area contributed by atoms with E-state index in [0.717, 1.165) is 38.0 Å². The van der Waals surface area contributed by atoms with Crippen LogP contribution in [0.4, 0.5) is 26.3 Å². The third kappa shape index (κ3) is 11.1. The molecule has 3 heterocycles. The highest BCUT2D eigenvalue weighted by molar-refractivity contribution is 5.81. The zero-order chi connectivity index (χ0) is 29.3. The lowest BCUT2D eigenvalue weighted by atomic mass is 9.91. The molecule has 3 atom stereocenters. The first-order valence-corrected chi connectivity index (χ1v) is 11.2. The minimum atomic E-state index is -5.08. The van der Waals surface area contributed by atoms with E-state index in [0.29, 0.717) is 11.8 Å². The number of pyridine rings is 1. The lowest BCUT2D eigenvalue weighted by molar-refractivity contribution is -0.193. The van der Waals surface area contributed by atoms with Crippen LogP contribution in [0, 0.1) is 5.92 Å². The fraction of sp³-hybridized carbons (Fsp3) is 0.636. The minimum Gasteiger partial charge on any atom is -0.481 e. The standard InChI is InChI=1S/C18H27N3O3.2C2HF3O2/c1-12(2)20-17(22)15-9-13-6-8-21(11-16(13)24-15)10-14-5-4-7-19-18(14)23-3;2*3-2(4,5)1(6)7/h4-5,7,12-13,15-16H,6,8-11H2,1-3H3,(H,20,22);2*(H,6,7)/t13-,15-,16+;;/m0../s1. The Hall–Kier alpha value is -3.14. The molecule has 0 unspecified atom stereocenters. The summed E-state index contributed by atoms with van der Waals surface area (Å²) in [6.45, 7) is 6.62. The van der Waals surface area contributed by atoms with E-state index in [1.807, 2.05) is 26.0 Å². The average molecular weight is 561 g/mol. The Morgan fingerprint density at radius 2 is 1.71 bits per heavy atom. The van der Waals surface area contributed by atoms with Gasteiger partial charge < -0.3 is 25.0 Å². The van der Waals surface area contributed by atoms with Gasteiger partial charge in [-0.05, 0) is 45.2 Å². The zero-order valence-electron chi connectivity index (χ0n) is 20.7. The van der Waals surface area contributed by atoms with Gasteiger partial charge >= 0.3 is 24.3 Å². The van der Waals surface area contributed by atoms with Crippen LogP contribution in [0.1, 0.15) is 32.3 Å². The molecule has 1 aromatic heterocycles. The van der Waals surface area contributed by atoms with Crippen molar-refractivity contribution in [3.63, 3.8) is 0 Å². The molecule has 16 heteroatoms. The van der Waals surface area contributed by atoms with E-state index in [-0.39, 0.29) is 24.2 Å². The number of hydrogen-bond acceptors (Lipinski definition) is 7. The van der Waals surface area contributed by atoms with E-state index in [1.54, 1.807) is 13.3 Å². The number of carboxylic acid groups (broad SMARTS) is 2. The number of hydrogen-bond donors (Lipinski definition) is 3. The third-order valence-corrected chi connectivity index (χ3v) is 5.28. The second-order valence-corrected chi connectivity index (χ2v) is 8.62. The van der Waals surface area contributed by atoms with Gasteiger partial charge in [-0.1, -0.05) is 6.07 Å². The second kappa shape index (κ2) is 14.1. The van der Waals surface area contributed by atoms with Crippen molar-refractivity contribution in [3.8, 4) is 5.88 Å². The first kappa shape index (κ1) is 32.9. The van der Waals surface area contributed by atoms with Gasteiger partial charge in [0, 0.05) is 30.9 Å². The maximum Gasteiger partial charge on any atom is 0.490 e. The molecule has 3 rings (SSSR count). The molecule has 1 amide bonds. The summed E-state index contributed by atoms with van der Waals surface area (Å²) in [7, 11) is 1.65. The minimum absolute atomic E-state index is 0.0277. The molecule has 0 bridgehead atoms. The topological polar surface area (TPSA) is 138 Å². The lowest BCUT2D eigenvalue weighted by Crippen LogP contribution is -2.42. The molecule has 0 spiro atoms. The molecule has 0 radical (unpaired) electrons. The third-order valence-electron chi connectivity index (χ3n) is 5.28. The van der Waals surface area contributed by atoms with Crippen LogP contribution in [-0.4, -0.2) is 88.7 Å². The number of carboxylic acids is 2. The van der Waals surface area contributed by atoms with Crippen molar-refractivity contribution in [2.75, 3.05) is 20.2 Å². The Labute approximate surface area is 213 Å². The molecule has 0 aliphatic carbocycles. The number of methoxy groups -OCH3 is 1. The molecular weight excluding hydrogens is 532 g/mol. The van der Waals surface area contributed by atoms with Gasteiger partial charge in [-0.25, -0.2) is 14.6 Å². The molecule has 2 fully saturated rings. The van der Waals surface area contributed by atoms with E-state index >= 15 is 0 Å². The van der Waals surface area contributed by atoms with Gasteiger partial charge in [-0.15, -0.1) is 0 Å². The van der Waals surface area contributed by atoms with Gasteiger partial charge in [0.1, 0.15) is 6.10 Å². The first-order valence-electron chi connectivity index (χ1n) is 11.2. The second-order valence-electron chi connectivity index (χ2n) is 8.62. The van der Waals surface area contributed by atoms with Crippen LogP contribution < -0.4 is 10.1 Å². The first-order chi connectivity index (χ1) is 17.4. The molecule has 2 saturated heterocycles. The quantitative estimate of drug-likeness (QED) is 0.464. The number of rotatable bonds is 5. The number of likely N-dealkylation sites (tertiary alicyclic amines) is 1. The fourth-order valence-electron chi connectivity index (χ4n) is 3.65. The predicted molar refractivity (Wildman–Crippen MR) is 118 cm³/mol. The largest absolute Gasteiger partial charge is 0.490 e. The molecular formula is C22H29F6N3O7. The van der Waals surface area contributed by atoms with Gasteiger partial charge in [-0.3, -0.25) is 9.69 Å². The Kier molecular flexibility index (Phi) is 12.2. The number of aliphatic carboxylic acids is 2.